The molecule has 0 heterocycles. The number of halogens is 1. The van der Waals surface area contributed by atoms with E-state index in [1.54, 1.807) is 6.42 Å². The van der Waals surface area contributed by atoms with Gasteiger partial charge in [0.05, 0.1) is 0 Å². The van der Waals surface area contributed by atoms with E-state index >= 15 is 0 Å². The van der Waals surface area contributed by atoms with Crippen LogP contribution in [0, 0.1) is 17.8 Å². The second-order valence-corrected chi connectivity index (χ2v) is 6.00. The number of hydrogen-bond acceptors (Lipinski definition) is 0. The number of rotatable bonds is 0. The molecule has 0 aliphatic heterocycles. The lowest BCUT2D eigenvalue weighted by Gasteiger charge is -2.41. The summed E-state index contributed by atoms with van der Waals surface area (Å²) >= 11 is 2.67. The minimum atomic E-state index is 1.01. The highest BCUT2D eigenvalue weighted by Gasteiger charge is 2.35. The van der Waals surface area contributed by atoms with E-state index in [4.69, 9.17) is 0 Å². The third kappa shape index (κ3) is 1.58. The summed E-state index contributed by atoms with van der Waals surface area (Å²) in [4.78, 5) is 0. The van der Waals surface area contributed by atoms with Crippen LogP contribution in [0.25, 0.3) is 0 Å². The Morgan fingerprint density at radius 2 is 1.73 bits per heavy atom. The second kappa shape index (κ2) is 3.23. The molecule has 11 heavy (non-hydrogen) atoms. The maximum absolute atomic E-state index is 2.67. The molecule has 2 fully saturated rings. The van der Waals surface area contributed by atoms with Gasteiger partial charge in [0.25, 0.3) is 0 Å². The van der Waals surface area contributed by atoms with Crippen LogP contribution in [0.4, 0.5) is 0 Å². The lowest BCUT2D eigenvalue weighted by atomic mass is 9.67. The normalized spacial score (nSPS) is 50.7. The van der Waals surface area contributed by atoms with Crippen molar-refractivity contribution in [2.24, 2.45) is 17.8 Å². The summed E-state index contributed by atoms with van der Waals surface area (Å²) in [6, 6.07) is 0. The molecule has 2 aliphatic carbocycles. The van der Waals surface area contributed by atoms with Crippen molar-refractivity contribution in [3.63, 3.8) is 0 Å². The topological polar surface area (TPSA) is 0 Å². The summed E-state index contributed by atoms with van der Waals surface area (Å²) in [7, 11) is 0. The lowest BCUT2D eigenvalue weighted by Crippen LogP contribution is -2.33. The minimum absolute atomic E-state index is 1.01. The van der Waals surface area contributed by atoms with Gasteiger partial charge < -0.3 is 0 Å². The molecule has 0 saturated heterocycles. The van der Waals surface area contributed by atoms with Crippen molar-refractivity contribution in [3.05, 3.63) is 0 Å². The summed E-state index contributed by atoms with van der Waals surface area (Å²) in [5.74, 6) is 3.22. The molecule has 4 unspecified atom stereocenters. The molecule has 64 valence electrons. The first kappa shape index (κ1) is 8.33. The van der Waals surface area contributed by atoms with Gasteiger partial charge in [0.2, 0.25) is 0 Å². The predicted molar refractivity (Wildman–Crippen MR) is 57.0 cm³/mol. The summed E-state index contributed by atoms with van der Waals surface area (Å²) in [6.07, 6.45) is 7.60. The van der Waals surface area contributed by atoms with E-state index in [0.717, 1.165) is 21.7 Å². The highest BCUT2D eigenvalue weighted by molar-refractivity contribution is 14.1. The highest BCUT2D eigenvalue weighted by Crippen LogP contribution is 2.45. The van der Waals surface area contributed by atoms with E-state index in [1.807, 2.05) is 0 Å². The van der Waals surface area contributed by atoms with Crippen molar-refractivity contribution in [1.29, 1.82) is 0 Å². The van der Waals surface area contributed by atoms with Gasteiger partial charge in [-0.25, -0.2) is 0 Å². The molecule has 2 saturated carbocycles. The largest absolute Gasteiger partial charge is 0.0823 e. The SMILES string of the molecule is CC1CCC2CC1CCC2I. The molecule has 2 rings (SSSR count). The molecule has 0 aromatic rings. The van der Waals surface area contributed by atoms with Crippen LogP contribution < -0.4 is 0 Å². The first-order valence-corrected chi connectivity index (χ1v) is 6.16. The highest BCUT2D eigenvalue weighted by atomic mass is 127. The Kier molecular flexibility index (Phi) is 2.45. The maximum atomic E-state index is 2.67. The third-order valence-electron chi connectivity index (χ3n) is 3.73. The van der Waals surface area contributed by atoms with Crippen LogP contribution in [0.2, 0.25) is 0 Å². The molecule has 0 nitrogen and oxygen atoms in total. The Morgan fingerprint density at radius 3 is 2.55 bits per heavy atom. The molecule has 0 aromatic heterocycles. The van der Waals surface area contributed by atoms with Crippen LogP contribution in [0.15, 0.2) is 0 Å². The average molecular weight is 264 g/mol. The van der Waals surface area contributed by atoms with Crippen molar-refractivity contribution in [2.75, 3.05) is 0 Å². The third-order valence-corrected chi connectivity index (χ3v) is 5.37. The Bertz CT molecular complexity index is 128. The van der Waals surface area contributed by atoms with Crippen molar-refractivity contribution < 1.29 is 0 Å². The van der Waals surface area contributed by atoms with E-state index in [1.165, 1.54) is 25.7 Å². The van der Waals surface area contributed by atoms with Gasteiger partial charge in [0, 0.05) is 3.92 Å². The summed E-state index contributed by atoms with van der Waals surface area (Å²) in [5, 5.41) is 0. The van der Waals surface area contributed by atoms with Gasteiger partial charge in [-0.05, 0) is 43.4 Å². The average Bonchev–Trinajstić information content (AvgIpc) is 2.02. The van der Waals surface area contributed by atoms with E-state index in [-0.39, 0.29) is 0 Å². The molecule has 1 heteroatoms. The standard InChI is InChI=1S/C10H17I/c1-7-2-3-9-6-8(7)4-5-10(9)11/h7-10H,2-6H2,1H3. The van der Waals surface area contributed by atoms with Gasteiger partial charge in [-0.2, -0.15) is 0 Å². The Balaban J connectivity index is 2.02. The molecule has 4 atom stereocenters. The van der Waals surface area contributed by atoms with E-state index in [0.29, 0.717) is 0 Å². The van der Waals surface area contributed by atoms with Crippen molar-refractivity contribution in [3.8, 4) is 0 Å². The molecule has 0 aromatic carbocycles. The van der Waals surface area contributed by atoms with Crippen molar-refractivity contribution >= 4 is 22.6 Å². The fourth-order valence-corrected chi connectivity index (χ4v) is 3.80. The van der Waals surface area contributed by atoms with Crippen molar-refractivity contribution in [2.45, 2.75) is 43.0 Å². The molecule has 0 radical (unpaired) electrons. The molecule has 2 aliphatic rings. The molecular weight excluding hydrogens is 247 g/mol. The van der Waals surface area contributed by atoms with Gasteiger partial charge >= 0.3 is 0 Å². The quantitative estimate of drug-likeness (QED) is 0.463. The fraction of sp³-hybridized carbons (Fsp3) is 1.00. The molecule has 0 spiro atoms. The van der Waals surface area contributed by atoms with Crippen LogP contribution >= 0.6 is 22.6 Å². The zero-order valence-corrected chi connectivity index (χ0v) is 9.38. The van der Waals surface area contributed by atoms with Gasteiger partial charge in [0.15, 0.2) is 0 Å². The van der Waals surface area contributed by atoms with Crippen molar-refractivity contribution in [1.82, 2.24) is 0 Å². The van der Waals surface area contributed by atoms with Crippen LogP contribution in [0.5, 0.6) is 0 Å². The molecule has 2 bridgehead atoms. The first-order valence-electron chi connectivity index (χ1n) is 4.91. The fourth-order valence-electron chi connectivity index (χ4n) is 2.79. The second-order valence-electron chi connectivity index (χ2n) is 4.40. The monoisotopic (exact) mass is 264 g/mol. The van der Waals surface area contributed by atoms with Crippen LogP contribution in [0.3, 0.4) is 0 Å². The summed E-state index contributed by atoms with van der Waals surface area (Å²) in [5.41, 5.74) is 0. The Morgan fingerprint density at radius 1 is 1.00 bits per heavy atom. The molecular formula is C10H17I. The van der Waals surface area contributed by atoms with E-state index in [2.05, 4.69) is 29.5 Å². The number of fused-ring (bicyclic) bond motifs is 2. The maximum Gasteiger partial charge on any atom is 0.0138 e. The zero-order chi connectivity index (χ0) is 7.84. The lowest BCUT2D eigenvalue weighted by molar-refractivity contribution is 0.143. The van der Waals surface area contributed by atoms with E-state index in [9.17, 15) is 0 Å². The number of hydrogen-bond donors (Lipinski definition) is 0. The van der Waals surface area contributed by atoms with Crippen LogP contribution in [-0.4, -0.2) is 3.92 Å². The van der Waals surface area contributed by atoms with Gasteiger partial charge in [0.1, 0.15) is 0 Å². The zero-order valence-electron chi connectivity index (χ0n) is 7.22. The predicted octanol–water partition coefficient (Wildman–Crippen LogP) is 3.64. The van der Waals surface area contributed by atoms with Crippen LogP contribution in [0.1, 0.15) is 39.0 Å². The molecule has 0 amide bonds. The Labute approximate surface area is 83.3 Å². The van der Waals surface area contributed by atoms with Gasteiger partial charge in [-0.3, -0.25) is 0 Å². The van der Waals surface area contributed by atoms with Gasteiger partial charge in [-0.1, -0.05) is 35.9 Å². The Hall–Kier alpha value is 0.730. The summed E-state index contributed by atoms with van der Waals surface area (Å²) in [6.45, 7) is 2.45. The van der Waals surface area contributed by atoms with Gasteiger partial charge in [-0.15, -0.1) is 0 Å². The first-order chi connectivity index (χ1) is 5.27. The minimum Gasteiger partial charge on any atom is -0.0823 e. The van der Waals surface area contributed by atoms with E-state index < -0.39 is 0 Å². The smallest absolute Gasteiger partial charge is 0.0138 e. The number of alkyl halides is 1. The molecule has 0 N–H and O–H groups in total. The summed E-state index contributed by atoms with van der Waals surface area (Å²) < 4.78 is 1.01. The van der Waals surface area contributed by atoms with Crippen LogP contribution in [-0.2, 0) is 0 Å².